The number of nitrogens with one attached hydrogen (secondary N) is 2. The van der Waals surface area contributed by atoms with Crippen LogP contribution in [-0.4, -0.2) is 38.0 Å². The normalized spacial score (nSPS) is 11.7. The first-order valence-corrected chi connectivity index (χ1v) is 8.89. The fraction of sp³-hybridized carbons (Fsp3) is 0.333. The second kappa shape index (κ2) is 9.61. The number of amides is 2. The molecule has 5 heteroatoms. The van der Waals surface area contributed by atoms with Crippen LogP contribution in [-0.2, 0) is 4.79 Å². The molecular weight excluding hydrogens is 326 g/mol. The Hall–Kier alpha value is -2.82. The van der Waals surface area contributed by atoms with E-state index in [2.05, 4.69) is 15.5 Å². The summed E-state index contributed by atoms with van der Waals surface area (Å²) in [6, 6.07) is 18.4. The van der Waals surface area contributed by atoms with E-state index in [-0.39, 0.29) is 17.7 Å². The van der Waals surface area contributed by atoms with Crippen molar-refractivity contribution in [1.29, 1.82) is 0 Å². The largest absolute Gasteiger partial charge is 0.373 e. The van der Waals surface area contributed by atoms with Crippen LogP contribution in [0.15, 0.2) is 60.7 Å². The molecule has 0 aromatic heterocycles. The van der Waals surface area contributed by atoms with Gasteiger partial charge in [0.15, 0.2) is 0 Å². The maximum absolute atomic E-state index is 12.5. The van der Waals surface area contributed by atoms with Crippen LogP contribution in [0.4, 0.5) is 5.69 Å². The molecule has 1 unspecified atom stereocenters. The van der Waals surface area contributed by atoms with Gasteiger partial charge < -0.3 is 15.5 Å². The van der Waals surface area contributed by atoms with Crippen molar-refractivity contribution in [3.8, 4) is 0 Å². The van der Waals surface area contributed by atoms with Gasteiger partial charge in [-0.15, -0.1) is 0 Å². The molecule has 2 N–H and O–H groups in total. The number of anilines is 1. The smallest absolute Gasteiger partial charge is 0.251 e. The Labute approximate surface area is 155 Å². The third kappa shape index (κ3) is 5.62. The van der Waals surface area contributed by atoms with Crippen molar-refractivity contribution in [2.24, 2.45) is 5.92 Å². The van der Waals surface area contributed by atoms with Gasteiger partial charge in [-0.2, -0.15) is 0 Å². The topological polar surface area (TPSA) is 61.4 Å². The van der Waals surface area contributed by atoms with Crippen molar-refractivity contribution in [1.82, 2.24) is 10.6 Å². The Morgan fingerprint density at radius 1 is 0.962 bits per heavy atom. The molecule has 0 saturated heterocycles. The Kier molecular flexibility index (Phi) is 7.21. The summed E-state index contributed by atoms with van der Waals surface area (Å²) in [6.45, 7) is 5.04. The van der Waals surface area contributed by atoms with E-state index in [4.69, 9.17) is 0 Å². The van der Waals surface area contributed by atoms with Gasteiger partial charge in [-0.25, -0.2) is 0 Å². The number of likely N-dealkylation sites (N-methyl/N-ethyl adjacent to an activating group) is 1. The molecule has 2 aromatic carbocycles. The zero-order chi connectivity index (χ0) is 18.9. The van der Waals surface area contributed by atoms with Crippen molar-refractivity contribution < 1.29 is 9.59 Å². The van der Waals surface area contributed by atoms with Gasteiger partial charge in [0.25, 0.3) is 5.91 Å². The predicted octanol–water partition coefficient (Wildman–Crippen LogP) is 2.69. The van der Waals surface area contributed by atoms with Crippen molar-refractivity contribution in [2.75, 3.05) is 25.0 Å². The summed E-state index contributed by atoms with van der Waals surface area (Å²) in [6.07, 6.45) is 0. The first kappa shape index (κ1) is 19.5. The lowest BCUT2D eigenvalue weighted by atomic mass is 10.0. The van der Waals surface area contributed by atoms with E-state index in [1.165, 1.54) is 0 Å². The minimum atomic E-state index is -0.565. The molecule has 0 saturated carbocycles. The molecule has 0 heterocycles. The van der Waals surface area contributed by atoms with Crippen molar-refractivity contribution >= 4 is 17.5 Å². The average Bonchev–Trinajstić information content (AvgIpc) is 2.66. The second-order valence-corrected chi connectivity index (χ2v) is 6.61. The lowest BCUT2D eigenvalue weighted by Crippen LogP contribution is -2.50. The van der Waals surface area contributed by atoms with Gasteiger partial charge in [-0.3, -0.25) is 9.59 Å². The van der Waals surface area contributed by atoms with E-state index in [9.17, 15) is 9.59 Å². The Morgan fingerprint density at radius 2 is 1.54 bits per heavy atom. The quantitative estimate of drug-likeness (QED) is 0.767. The molecule has 0 spiro atoms. The van der Waals surface area contributed by atoms with E-state index in [0.717, 1.165) is 5.69 Å². The van der Waals surface area contributed by atoms with Crippen molar-refractivity contribution in [3.63, 3.8) is 0 Å². The fourth-order valence-corrected chi connectivity index (χ4v) is 2.62. The number of rotatable bonds is 8. The van der Waals surface area contributed by atoms with Crippen LogP contribution in [0.3, 0.4) is 0 Å². The molecule has 1 atom stereocenters. The van der Waals surface area contributed by atoms with E-state index in [0.29, 0.717) is 18.7 Å². The third-order valence-corrected chi connectivity index (χ3v) is 4.22. The maximum atomic E-state index is 12.5. The monoisotopic (exact) mass is 353 g/mol. The highest BCUT2D eigenvalue weighted by molar-refractivity contribution is 5.97. The lowest BCUT2D eigenvalue weighted by Gasteiger charge is -2.23. The summed E-state index contributed by atoms with van der Waals surface area (Å²) in [7, 11) is 1.98. The van der Waals surface area contributed by atoms with E-state index in [1.807, 2.05) is 57.3 Å². The molecule has 0 fully saturated rings. The van der Waals surface area contributed by atoms with Gasteiger partial charge in [0.05, 0.1) is 0 Å². The lowest BCUT2D eigenvalue weighted by molar-refractivity contribution is -0.123. The van der Waals surface area contributed by atoms with Crippen molar-refractivity contribution in [3.05, 3.63) is 66.2 Å². The molecule has 2 amide bonds. The molecule has 0 aliphatic heterocycles. The number of carbonyl (C=O) groups excluding carboxylic acids is 2. The number of hydrogen-bond donors (Lipinski definition) is 2. The number of nitrogens with zero attached hydrogens (tertiary/aromatic N) is 1. The first-order valence-electron chi connectivity index (χ1n) is 8.89. The highest BCUT2D eigenvalue weighted by Crippen LogP contribution is 2.10. The van der Waals surface area contributed by atoms with E-state index < -0.39 is 6.04 Å². The van der Waals surface area contributed by atoms with Crippen LogP contribution in [0.2, 0.25) is 0 Å². The van der Waals surface area contributed by atoms with Crippen LogP contribution in [0.25, 0.3) is 0 Å². The molecular formula is C21H27N3O2. The SMILES string of the molecule is CC(C)C(NC(=O)c1ccccc1)C(=O)NCCN(C)c1ccccc1. The van der Waals surface area contributed by atoms with E-state index >= 15 is 0 Å². The van der Waals surface area contributed by atoms with Crippen LogP contribution < -0.4 is 15.5 Å². The molecule has 138 valence electrons. The van der Waals surface area contributed by atoms with Gasteiger partial charge in [0.1, 0.15) is 6.04 Å². The summed E-state index contributed by atoms with van der Waals surface area (Å²) < 4.78 is 0. The standard InChI is InChI=1S/C21H27N3O2/c1-16(2)19(23-20(25)17-10-6-4-7-11-17)21(26)22-14-15-24(3)18-12-8-5-9-13-18/h4-13,16,19H,14-15H2,1-3H3,(H,22,26)(H,23,25). The Morgan fingerprint density at radius 3 is 2.12 bits per heavy atom. The van der Waals surface area contributed by atoms with Crippen LogP contribution in [0, 0.1) is 5.92 Å². The highest BCUT2D eigenvalue weighted by Gasteiger charge is 2.24. The molecule has 0 aliphatic carbocycles. The van der Waals surface area contributed by atoms with Crippen molar-refractivity contribution in [2.45, 2.75) is 19.9 Å². The molecule has 26 heavy (non-hydrogen) atoms. The molecule has 5 nitrogen and oxygen atoms in total. The van der Waals surface area contributed by atoms with E-state index in [1.54, 1.807) is 24.3 Å². The highest BCUT2D eigenvalue weighted by atomic mass is 16.2. The average molecular weight is 353 g/mol. The van der Waals surface area contributed by atoms with Gasteiger partial charge in [0.2, 0.25) is 5.91 Å². The number of hydrogen-bond acceptors (Lipinski definition) is 3. The number of carbonyl (C=O) groups is 2. The van der Waals surface area contributed by atoms with Crippen LogP contribution in [0.5, 0.6) is 0 Å². The summed E-state index contributed by atoms with van der Waals surface area (Å²) in [5.41, 5.74) is 1.65. The Balaban J connectivity index is 1.87. The number of benzene rings is 2. The summed E-state index contributed by atoms with van der Waals surface area (Å²) in [5.74, 6) is -0.402. The van der Waals surface area contributed by atoms with Gasteiger partial charge >= 0.3 is 0 Å². The Bertz CT molecular complexity index is 702. The van der Waals surface area contributed by atoms with Gasteiger partial charge in [0, 0.05) is 31.4 Å². The summed E-state index contributed by atoms with van der Waals surface area (Å²) >= 11 is 0. The minimum absolute atomic E-state index is 0.00508. The molecule has 0 radical (unpaired) electrons. The second-order valence-electron chi connectivity index (χ2n) is 6.61. The number of para-hydroxylation sites is 1. The molecule has 0 bridgehead atoms. The molecule has 2 rings (SSSR count). The first-order chi connectivity index (χ1) is 12.5. The third-order valence-electron chi connectivity index (χ3n) is 4.22. The van der Waals surface area contributed by atoms with Gasteiger partial charge in [-0.1, -0.05) is 50.2 Å². The van der Waals surface area contributed by atoms with Crippen LogP contribution in [0.1, 0.15) is 24.2 Å². The predicted molar refractivity (Wildman–Crippen MR) is 105 cm³/mol. The zero-order valence-corrected chi connectivity index (χ0v) is 15.6. The summed E-state index contributed by atoms with van der Waals surface area (Å²) in [4.78, 5) is 26.9. The minimum Gasteiger partial charge on any atom is -0.373 e. The summed E-state index contributed by atoms with van der Waals surface area (Å²) in [5, 5.41) is 5.76. The molecule has 0 aliphatic rings. The van der Waals surface area contributed by atoms with Crippen LogP contribution >= 0.6 is 0 Å². The molecule has 2 aromatic rings. The maximum Gasteiger partial charge on any atom is 0.251 e. The van der Waals surface area contributed by atoms with Gasteiger partial charge in [-0.05, 0) is 30.2 Å². The zero-order valence-electron chi connectivity index (χ0n) is 15.6. The fourth-order valence-electron chi connectivity index (χ4n) is 2.62.